The number of rotatable bonds is 6. The minimum atomic E-state index is -0.711. The number of hydrogen-bond donors (Lipinski definition) is 3. The Hall–Kier alpha value is -1.95. The van der Waals surface area contributed by atoms with Crippen LogP contribution in [0.2, 0.25) is 0 Å². The third kappa shape index (κ3) is 3.75. The molecule has 1 amide bonds. The fourth-order valence-electron chi connectivity index (χ4n) is 1.79. The molecule has 0 aromatic heterocycles. The highest BCUT2D eigenvalue weighted by molar-refractivity contribution is 5.83. The molecule has 0 aliphatic rings. The number of aliphatic hydroxyl groups is 1. The lowest BCUT2D eigenvalue weighted by Crippen LogP contribution is -2.27. The molecule has 0 radical (unpaired) electrons. The summed E-state index contributed by atoms with van der Waals surface area (Å²) in [5.41, 5.74) is 8.21. The van der Waals surface area contributed by atoms with Crippen molar-refractivity contribution in [3.63, 3.8) is 0 Å². The van der Waals surface area contributed by atoms with Crippen LogP contribution in [0.1, 0.15) is 11.7 Å². The van der Waals surface area contributed by atoms with Crippen LogP contribution in [-0.2, 0) is 9.63 Å². The lowest BCUT2D eigenvalue weighted by atomic mass is 10.0. The van der Waals surface area contributed by atoms with Gasteiger partial charge in [0.15, 0.2) is 0 Å². The minimum absolute atomic E-state index is 0.186. The molecule has 0 spiro atoms. The van der Waals surface area contributed by atoms with Crippen LogP contribution in [0.25, 0.3) is 10.8 Å². The normalized spacial score (nSPS) is 12.5. The zero-order valence-electron chi connectivity index (χ0n) is 10.4. The van der Waals surface area contributed by atoms with E-state index in [1.807, 2.05) is 42.5 Å². The van der Waals surface area contributed by atoms with Gasteiger partial charge in [-0.1, -0.05) is 36.4 Å². The van der Waals surface area contributed by atoms with E-state index in [2.05, 4.69) is 5.48 Å². The molecular weight excluding hydrogens is 244 g/mol. The first-order chi connectivity index (χ1) is 9.16. The van der Waals surface area contributed by atoms with Crippen molar-refractivity contribution < 1.29 is 14.7 Å². The summed E-state index contributed by atoms with van der Waals surface area (Å²) in [5, 5.41) is 12.2. The second-order valence-corrected chi connectivity index (χ2v) is 4.23. The number of carbonyl (C=O) groups is 1. The summed E-state index contributed by atoms with van der Waals surface area (Å²) in [6.45, 7) is -0.0317. The lowest BCUT2D eigenvalue weighted by Gasteiger charge is -2.12. The highest BCUT2D eigenvalue weighted by atomic mass is 16.6. The van der Waals surface area contributed by atoms with E-state index in [4.69, 9.17) is 10.6 Å². The molecule has 0 fully saturated rings. The van der Waals surface area contributed by atoms with Crippen molar-refractivity contribution in [2.75, 3.05) is 13.2 Å². The van der Waals surface area contributed by atoms with Gasteiger partial charge in [0.2, 0.25) is 5.91 Å². The minimum Gasteiger partial charge on any atom is -0.387 e. The van der Waals surface area contributed by atoms with Crippen molar-refractivity contribution >= 4 is 16.7 Å². The molecule has 1 atom stereocenters. The molecular formula is C14H16N2O3. The zero-order chi connectivity index (χ0) is 13.7. The number of hydroxylamine groups is 1. The van der Waals surface area contributed by atoms with Gasteiger partial charge in [-0.2, -0.15) is 5.48 Å². The van der Waals surface area contributed by atoms with Gasteiger partial charge in [0.25, 0.3) is 0 Å². The average Bonchev–Trinajstić information content (AvgIpc) is 2.42. The van der Waals surface area contributed by atoms with Crippen molar-refractivity contribution in [3.05, 3.63) is 48.0 Å². The molecule has 0 heterocycles. The molecule has 0 saturated heterocycles. The summed E-state index contributed by atoms with van der Waals surface area (Å²) in [4.78, 5) is 15.2. The molecule has 19 heavy (non-hydrogen) atoms. The van der Waals surface area contributed by atoms with E-state index >= 15 is 0 Å². The van der Waals surface area contributed by atoms with Gasteiger partial charge in [-0.25, -0.2) is 0 Å². The molecule has 0 aliphatic carbocycles. The van der Waals surface area contributed by atoms with Crippen LogP contribution in [0.4, 0.5) is 0 Å². The Kier molecular flexibility index (Phi) is 4.46. The fraction of sp³-hybridized carbons (Fsp3) is 0.214. The van der Waals surface area contributed by atoms with Crippen molar-refractivity contribution in [1.82, 2.24) is 5.48 Å². The SMILES string of the molecule is NC(=O)CONCC(O)c1ccc2ccccc2c1. The second kappa shape index (κ2) is 6.29. The first kappa shape index (κ1) is 13.5. The summed E-state index contributed by atoms with van der Waals surface area (Å²) in [6, 6.07) is 13.7. The van der Waals surface area contributed by atoms with Gasteiger partial charge in [0, 0.05) is 0 Å². The maximum Gasteiger partial charge on any atom is 0.245 e. The third-order valence-electron chi connectivity index (χ3n) is 2.75. The van der Waals surface area contributed by atoms with Crippen molar-refractivity contribution in [2.24, 2.45) is 5.73 Å². The number of amides is 1. The molecule has 100 valence electrons. The highest BCUT2D eigenvalue weighted by Crippen LogP contribution is 2.19. The summed E-state index contributed by atoms with van der Waals surface area (Å²) < 4.78 is 0. The predicted octanol–water partition coefficient (Wildman–Crippen LogP) is 0.880. The van der Waals surface area contributed by atoms with E-state index in [-0.39, 0.29) is 13.2 Å². The van der Waals surface area contributed by atoms with E-state index in [9.17, 15) is 9.90 Å². The van der Waals surface area contributed by atoms with Gasteiger partial charge >= 0.3 is 0 Å². The fourth-order valence-corrected chi connectivity index (χ4v) is 1.79. The molecule has 5 nitrogen and oxygen atoms in total. The monoisotopic (exact) mass is 260 g/mol. The number of aliphatic hydroxyl groups excluding tert-OH is 1. The van der Waals surface area contributed by atoms with Crippen LogP contribution >= 0.6 is 0 Å². The van der Waals surface area contributed by atoms with Crippen molar-refractivity contribution in [2.45, 2.75) is 6.10 Å². The zero-order valence-corrected chi connectivity index (χ0v) is 10.4. The van der Waals surface area contributed by atoms with Crippen LogP contribution in [0.15, 0.2) is 42.5 Å². The maximum absolute atomic E-state index is 10.5. The second-order valence-electron chi connectivity index (χ2n) is 4.23. The third-order valence-corrected chi connectivity index (χ3v) is 2.75. The van der Waals surface area contributed by atoms with E-state index in [1.165, 1.54) is 0 Å². The van der Waals surface area contributed by atoms with Gasteiger partial charge in [-0.05, 0) is 22.4 Å². The Morgan fingerprint density at radius 1 is 1.26 bits per heavy atom. The number of primary amides is 1. The maximum atomic E-state index is 10.5. The van der Waals surface area contributed by atoms with Gasteiger partial charge in [-0.15, -0.1) is 0 Å². The average molecular weight is 260 g/mol. The number of nitrogens with two attached hydrogens (primary N) is 1. The summed E-state index contributed by atoms with van der Waals surface area (Å²) >= 11 is 0. The predicted molar refractivity (Wildman–Crippen MR) is 72.1 cm³/mol. The van der Waals surface area contributed by atoms with Crippen LogP contribution in [0, 0.1) is 0 Å². The van der Waals surface area contributed by atoms with E-state index < -0.39 is 12.0 Å². The quantitative estimate of drug-likeness (QED) is 0.531. The van der Waals surface area contributed by atoms with Gasteiger partial charge < -0.3 is 10.8 Å². The van der Waals surface area contributed by atoms with Gasteiger partial charge in [0.05, 0.1) is 12.6 Å². The van der Waals surface area contributed by atoms with Crippen LogP contribution in [0.3, 0.4) is 0 Å². The van der Waals surface area contributed by atoms with Gasteiger partial charge in [-0.3, -0.25) is 9.63 Å². The Labute approximate surface area is 110 Å². The summed E-state index contributed by atoms with van der Waals surface area (Å²) in [5.74, 6) is -0.562. The number of carbonyl (C=O) groups excluding carboxylic acids is 1. The molecule has 5 heteroatoms. The number of fused-ring (bicyclic) bond motifs is 1. The van der Waals surface area contributed by atoms with Crippen molar-refractivity contribution in [3.8, 4) is 0 Å². The Balaban J connectivity index is 1.97. The van der Waals surface area contributed by atoms with Crippen LogP contribution < -0.4 is 11.2 Å². The molecule has 0 aliphatic heterocycles. The number of hydrogen-bond acceptors (Lipinski definition) is 4. The number of benzene rings is 2. The molecule has 2 rings (SSSR count). The first-order valence-electron chi connectivity index (χ1n) is 5.96. The van der Waals surface area contributed by atoms with Crippen LogP contribution in [-0.4, -0.2) is 24.2 Å². The van der Waals surface area contributed by atoms with E-state index in [0.717, 1.165) is 16.3 Å². The van der Waals surface area contributed by atoms with Crippen LogP contribution in [0.5, 0.6) is 0 Å². The Morgan fingerprint density at radius 3 is 2.74 bits per heavy atom. The molecule has 2 aromatic carbocycles. The molecule has 1 unspecified atom stereocenters. The first-order valence-corrected chi connectivity index (χ1v) is 5.96. The summed E-state index contributed by atoms with van der Waals surface area (Å²) in [7, 11) is 0. The Bertz CT molecular complexity index is 571. The van der Waals surface area contributed by atoms with Crippen molar-refractivity contribution in [1.29, 1.82) is 0 Å². The molecule has 4 N–H and O–H groups in total. The molecule has 2 aromatic rings. The molecule has 0 saturated carbocycles. The standard InChI is InChI=1S/C14H16N2O3/c15-14(18)9-19-16-8-13(17)12-6-5-10-3-1-2-4-11(10)7-12/h1-7,13,16-17H,8-9H2,(H2,15,18). The summed E-state index contributed by atoms with van der Waals surface area (Å²) in [6.07, 6.45) is -0.711. The smallest absolute Gasteiger partial charge is 0.245 e. The lowest BCUT2D eigenvalue weighted by molar-refractivity contribution is -0.125. The largest absolute Gasteiger partial charge is 0.387 e. The highest BCUT2D eigenvalue weighted by Gasteiger charge is 2.08. The Morgan fingerprint density at radius 2 is 2.00 bits per heavy atom. The number of nitrogens with one attached hydrogen (secondary N) is 1. The topological polar surface area (TPSA) is 84.6 Å². The van der Waals surface area contributed by atoms with E-state index in [0.29, 0.717) is 0 Å². The molecule has 0 bridgehead atoms. The van der Waals surface area contributed by atoms with Gasteiger partial charge in [0.1, 0.15) is 6.61 Å². The van der Waals surface area contributed by atoms with E-state index in [1.54, 1.807) is 0 Å².